The number of nitrogens with zero attached hydrogens (tertiary/aromatic N) is 3. The molecule has 3 fully saturated rings. The van der Waals surface area contributed by atoms with Crippen molar-refractivity contribution in [3.8, 4) is 22.8 Å². The first kappa shape index (κ1) is 26.9. The molecule has 1 amide bonds. The van der Waals surface area contributed by atoms with Crippen molar-refractivity contribution >= 4 is 11.8 Å². The van der Waals surface area contributed by atoms with Crippen LogP contribution in [-0.4, -0.2) is 60.7 Å². The lowest BCUT2D eigenvalue weighted by Crippen LogP contribution is -2.54. The number of hydrogen-bond donors (Lipinski definition) is 1. The van der Waals surface area contributed by atoms with E-state index in [1.54, 1.807) is 14.2 Å². The number of carbonyl (C=O) groups excluding carboxylic acids is 1. The molecule has 0 aliphatic carbocycles. The van der Waals surface area contributed by atoms with Crippen molar-refractivity contribution in [1.29, 1.82) is 0 Å². The van der Waals surface area contributed by atoms with E-state index in [0.717, 1.165) is 55.0 Å². The summed E-state index contributed by atoms with van der Waals surface area (Å²) in [7, 11) is 5.16. The van der Waals surface area contributed by atoms with Crippen LogP contribution in [0.4, 0.5) is 23.7 Å². The molecule has 3 aliphatic heterocycles. The monoisotopic (exact) mass is 544 g/mol. The van der Waals surface area contributed by atoms with Crippen LogP contribution in [0.1, 0.15) is 30.0 Å². The molecule has 6 rings (SSSR count). The number of methoxy groups -OCH3 is 2. The average molecular weight is 545 g/mol. The van der Waals surface area contributed by atoms with Gasteiger partial charge in [-0.1, -0.05) is 6.07 Å². The predicted molar refractivity (Wildman–Crippen MR) is 139 cm³/mol. The second-order valence-electron chi connectivity index (χ2n) is 9.99. The van der Waals surface area contributed by atoms with Gasteiger partial charge in [-0.2, -0.15) is 18.3 Å². The van der Waals surface area contributed by atoms with Gasteiger partial charge >= 0.3 is 12.3 Å². The minimum absolute atomic E-state index is 0.0434. The highest BCUT2D eigenvalue weighted by atomic mass is 19.4. The number of amides is 1. The number of fused-ring (bicyclic) bond motifs is 3. The molecule has 8 nitrogen and oxygen atoms in total. The number of alkyl halides is 3. The zero-order chi connectivity index (χ0) is 27.7. The number of anilines is 1. The largest absolute Gasteiger partial charge is 0.493 e. The predicted octanol–water partition coefficient (Wildman–Crippen LogP) is 5.55. The molecule has 3 aliphatic rings. The molecule has 0 spiro atoms. The van der Waals surface area contributed by atoms with Crippen LogP contribution in [-0.2, 0) is 18.0 Å². The van der Waals surface area contributed by atoms with E-state index in [2.05, 4.69) is 16.3 Å². The molecule has 39 heavy (non-hydrogen) atoms. The fourth-order valence-corrected chi connectivity index (χ4v) is 5.71. The van der Waals surface area contributed by atoms with Crippen molar-refractivity contribution in [2.75, 3.05) is 39.2 Å². The van der Waals surface area contributed by atoms with Gasteiger partial charge in [0.05, 0.1) is 25.5 Å². The van der Waals surface area contributed by atoms with E-state index in [4.69, 9.17) is 19.3 Å². The number of aromatic nitrogens is 2. The number of halogens is 3. The van der Waals surface area contributed by atoms with Gasteiger partial charge in [0, 0.05) is 42.5 Å². The summed E-state index contributed by atoms with van der Waals surface area (Å²) in [5, 5.41) is 7.17. The number of aryl methyl sites for hydroxylation is 1. The lowest BCUT2D eigenvalue weighted by atomic mass is 9.74. The van der Waals surface area contributed by atoms with E-state index in [9.17, 15) is 18.0 Å². The van der Waals surface area contributed by atoms with E-state index in [1.165, 1.54) is 12.1 Å². The van der Waals surface area contributed by atoms with Gasteiger partial charge in [0.2, 0.25) is 0 Å². The number of nitrogens with one attached hydrogen (secondary N) is 1. The summed E-state index contributed by atoms with van der Waals surface area (Å²) in [5.74, 6) is 2.00. The van der Waals surface area contributed by atoms with Crippen molar-refractivity contribution in [3.63, 3.8) is 0 Å². The topological polar surface area (TPSA) is 77.9 Å². The van der Waals surface area contributed by atoms with Gasteiger partial charge in [-0.25, -0.2) is 4.79 Å². The van der Waals surface area contributed by atoms with Crippen molar-refractivity contribution in [3.05, 3.63) is 59.8 Å². The molecule has 4 atom stereocenters. The van der Waals surface area contributed by atoms with Crippen molar-refractivity contribution < 1.29 is 32.2 Å². The summed E-state index contributed by atoms with van der Waals surface area (Å²) in [4.78, 5) is 14.6. The van der Waals surface area contributed by atoms with Crippen LogP contribution in [0.25, 0.3) is 11.3 Å². The number of hydrogen-bond acceptors (Lipinski definition) is 6. The Kier molecular flexibility index (Phi) is 7.44. The van der Waals surface area contributed by atoms with E-state index in [1.807, 2.05) is 29.9 Å². The fourth-order valence-electron chi connectivity index (χ4n) is 5.71. The molecule has 2 aromatic carbocycles. The van der Waals surface area contributed by atoms with Gasteiger partial charge in [0.15, 0.2) is 11.5 Å². The van der Waals surface area contributed by atoms with Crippen LogP contribution in [0.15, 0.2) is 48.5 Å². The van der Waals surface area contributed by atoms with Crippen molar-refractivity contribution in [2.24, 2.45) is 13.0 Å². The third-order valence-electron chi connectivity index (χ3n) is 7.70. The van der Waals surface area contributed by atoms with Gasteiger partial charge in [0.25, 0.3) is 0 Å². The highest BCUT2D eigenvalue weighted by Crippen LogP contribution is 2.43. The second-order valence-corrected chi connectivity index (χ2v) is 9.99. The van der Waals surface area contributed by atoms with E-state index >= 15 is 0 Å². The van der Waals surface area contributed by atoms with Crippen molar-refractivity contribution in [1.82, 2.24) is 14.7 Å². The lowest BCUT2D eigenvalue weighted by molar-refractivity contribution is -0.137. The first-order valence-electron chi connectivity index (χ1n) is 12.8. The quantitative estimate of drug-likeness (QED) is 0.420. The summed E-state index contributed by atoms with van der Waals surface area (Å²) < 4.78 is 57.0. The zero-order valence-electron chi connectivity index (χ0n) is 22.0. The van der Waals surface area contributed by atoms with Gasteiger partial charge in [-0.15, -0.1) is 0 Å². The molecule has 2 bridgehead atoms. The van der Waals surface area contributed by atoms with Gasteiger partial charge in [0.1, 0.15) is 6.61 Å². The Morgan fingerprint density at radius 2 is 1.90 bits per heavy atom. The van der Waals surface area contributed by atoms with Crippen LogP contribution < -0.4 is 14.8 Å². The maximum atomic E-state index is 12.9. The number of rotatable bonds is 7. The summed E-state index contributed by atoms with van der Waals surface area (Å²) in [6.45, 7) is 1.90. The first-order valence-corrected chi connectivity index (χ1v) is 12.8. The Balaban J connectivity index is 1.21. The maximum Gasteiger partial charge on any atom is 0.416 e. The molecular weight excluding hydrogens is 513 g/mol. The summed E-state index contributed by atoms with van der Waals surface area (Å²) in [6.07, 6.45) is -3.35. The van der Waals surface area contributed by atoms with Gasteiger partial charge in [-0.3, -0.25) is 14.9 Å². The molecule has 208 valence electrons. The first-order chi connectivity index (χ1) is 18.7. The summed E-state index contributed by atoms with van der Waals surface area (Å²) in [6, 6.07) is 12.4. The molecule has 1 aromatic heterocycles. The smallest absolute Gasteiger partial charge is 0.416 e. The zero-order valence-corrected chi connectivity index (χ0v) is 22.0. The van der Waals surface area contributed by atoms with Crippen LogP contribution in [0, 0.1) is 5.92 Å². The number of piperidine rings is 3. The normalized spacial score (nSPS) is 22.4. The van der Waals surface area contributed by atoms with E-state index in [0.29, 0.717) is 23.3 Å². The highest BCUT2D eigenvalue weighted by molar-refractivity contribution is 5.84. The molecule has 0 saturated carbocycles. The molecule has 0 radical (unpaired) electrons. The standard InChI is InChI=1S/C28H31F3N4O4/c1-34-24(14-23(33-34)18-7-8-25(37-2)26(12-18)38-3)22-15-35-10-9-17(22)11-21(35)16-39-27(36)32-20-6-4-5-19(13-20)28(29,30)31/h4-8,12-14,17,21-22H,9-11,15-16H2,1-3H3,(H,32,36)/t17-,21+,22-/m0/s1. The molecule has 4 heterocycles. The van der Waals surface area contributed by atoms with Gasteiger partial charge in [-0.05, 0) is 67.8 Å². The summed E-state index contributed by atoms with van der Waals surface area (Å²) >= 11 is 0. The van der Waals surface area contributed by atoms with Crippen LogP contribution >= 0.6 is 0 Å². The molecule has 3 aromatic rings. The number of ether oxygens (including phenoxy) is 3. The van der Waals surface area contributed by atoms with E-state index in [-0.39, 0.29) is 18.3 Å². The summed E-state index contributed by atoms with van der Waals surface area (Å²) in [5.41, 5.74) is 2.16. The van der Waals surface area contributed by atoms with E-state index < -0.39 is 17.8 Å². The number of benzene rings is 2. The fraction of sp³-hybridized carbons (Fsp3) is 0.429. The Morgan fingerprint density at radius 1 is 1.10 bits per heavy atom. The number of carbonyl (C=O) groups is 1. The average Bonchev–Trinajstić information content (AvgIpc) is 3.32. The Hall–Kier alpha value is -3.73. The minimum atomic E-state index is -4.48. The third kappa shape index (κ3) is 5.68. The lowest BCUT2D eigenvalue weighted by Gasteiger charge is -2.49. The maximum absolute atomic E-state index is 12.9. The Bertz CT molecular complexity index is 1340. The minimum Gasteiger partial charge on any atom is -0.493 e. The molecule has 3 saturated heterocycles. The van der Waals surface area contributed by atoms with Gasteiger partial charge < -0.3 is 14.2 Å². The Labute approximate surface area is 224 Å². The van der Waals surface area contributed by atoms with Crippen molar-refractivity contribution in [2.45, 2.75) is 31.0 Å². The molecular formula is C28H31F3N4O4. The molecule has 11 heteroatoms. The second kappa shape index (κ2) is 10.8. The third-order valence-corrected chi connectivity index (χ3v) is 7.70. The Morgan fingerprint density at radius 3 is 2.59 bits per heavy atom. The SMILES string of the molecule is COc1ccc(-c2cc([C@H]3CN4CC[C@H]3C[C@@H]4COC(=O)Nc3cccc(C(F)(F)F)c3)n(C)n2)cc1OC. The molecule has 1 N–H and O–H groups in total. The van der Waals surface area contributed by atoms with Crippen LogP contribution in [0.5, 0.6) is 11.5 Å². The molecule has 1 unspecified atom stereocenters. The highest BCUT2D eigenvalue weighted by Gasteiger charge is 2.42. The van der Waals surface area contributed by atoms with Crippen LogP contribution in [0.2, 0.25) is 0 Å². The van der Waals surface area contributed by atoms with Crippen LogP contribution in [0.3, 0.4) is 0 Å².